The molecule has 2 aliphatic heterocycles. The molecule has 0 spiro atoms. The lowest BCUT2D eigenvalue weighted by Crippen LogP contribution is -2.54. The average Bonchev–Trinajstić information content (AvgIpc) is 3.04. The standard InChI is InChI=1S/C20H29ClN4O3S.HI/c1-2-22-20(23-14-17-6-11-29(27,28)15-17)25-9-7-24(8-10-25)19(26)13-16-4-3-5-18(21)12-16;/h3-5,12,17H,2,6-11,13-15H2,1H3,(H,22,23);1H. The molecule has 10 heteroatoms. The third-order valence-electron chi connectivity index (χ3n) is 5.34. The maximum absolute atomic E-state index is 12.6. The molecule has 1 aromatic rings. The Morgan fingerprint density at radius 2 is 1.93 bits per heavy atom. The van der Waals surface area contributed by atoms with Gasteiger partial charge in [0.25, 0.3) is 0 Å². The number of piperazine rings is 1. The van der Waals surface area contributed by atoms with E-state index in [1.807, 2.05) is 30.0 Å². The molecule has 7 nitrogen and oxygen atoms in total. The first kappa shape index (κ1) is 25.2. The minimum Gasteiger partial charge on any atom is -0.357 e. The maximum atomic E-state index is 12.6. The maximum Gasteiger partial charge on any atom is 0.227 e. The molecule has 1 atom stereocenters. The summed E-state index contributed by atoms with van der Waals surface area (Å²) in [6.07, 6.45) is 1.04. The molecule has 1 unspecified atom stereocenters. The number of sulfone groups is 1. The van der Waals surface area contributed by atoms with Crippen molar-refractivity contribution in [2.24, 2.45) is 10.9 Å². The Hall–Kier alpha value is -1.07. The van der Waals surface area contributed by atoms with Crippen molar-refractivity contribution in [3.8, 4) is 0 Å². The summed E-state index contributed by atoms with van der Waals surface area (Å²) < 4.78 is 23.3. The molecule has 3 rings (SSSR count). The van der Waals surface area contributed by atoms with Crippen LogP contribution in [0, 0.1) is 5.92 Å². The fourth-order valence-electron chi connectivity index (χ4n) is 3.76. The number of carbonyl (C=O) groups excluding carboxylic acids is 1. The van der Waals surface area contributed by atoms with Gasteiger partial charge in [0.2, 0.25) is 5.91 Å². The highest BCUT2D eigenvalue weighted by Crippen LogP contribution is 2.19. The molecular weight excluding hydrogens is 539 g/mol. The van der Waals surface area contributed by atoms with E-state index in [1.165, 1.54) is 0 Å². The summed E-state index contributed by atoms with van der Waals surface area (Å²) in [5.41, 5.74) is 0.923. The van der Waals surface area contributed by atoms with Crippen LogP contribution in [0.3, 0.4) is 0 Å². The zero-order valence-electron chi connectivity index (χ0n) is 17.2. The second kappa shape index (κ2) is 11.5. The molecule has 168 valence electrons. The van der Waals surface area contributed by atoms with E-state index in [0.717, 1.165) is 18.1 Å². The van der Waals surface area contributed by atoms with Gasteiger partial charge in [-0.05, 0) is 37.0 Å². The van der Waals surface area contributed by atoms with Gasteiger partial charge in [0.05, 0.1) is 17.9 Å². The van der Waals surface area contributed by atoms with Crippen LogP contribution < -0.4 is 5.32 Å². The Labute approximate surface area is 201 Å². The van der Waals surface area contributed by atoms with Gasteiger partial charge in [-0.2, -0.15) is 0 Å². The summed E-state index contributed by atoms with van der Waals surface area (Å²) in [5, 5.41) is 3.94. The highest BCUT2D eigenvalue weighted by Gasteiger charge is 2.28. The van der Waals surface area contributed by atoms with E-state index >= 15 is 0 Å². The van der Waals surface area contributed by atoms with Crippen LogP contribution in [0.2, 0.25) is 5.02 Å². The Morgan fingerprint density at radius 1 is 1.23 bits per heavy atom. The van der Waals surface area contributed by atoms with Crippen molar-refractivity contribution in [1.82, 2.24) is 15.1 Å². The number of nitrogens with zero attached hydrogens (tertiary/aromatic N) is 3. The van der Waals surface area contributed by atoms with Crippen molar-refractivity contribution >= 4 is 57.3 Å². The summed E-state index contributed by atoms with van der Waals surface area (Å²) in [5.74, 6) is 1.52. The van der Waals surface area contributed by atoms with E-state index in [2.05, 4.69) is 15.2 Å². The predicted octanol–water partition coefficient (Wildman–Crippen LogP) is 2.04. The molecule has 1 aromatic carbocycles. The fourth-order valence-corrected chi connectivity index (χ4v) is 5.82. The Morgan fingerprint density at radius 3 is 2.53 bits per heavy atom. The van der Waals surface area contributed by atoms with Gasteiger partial charge in [-0.25, -0.2) is 8.42 Å². The van der Waals surface area contributed by atoms with E-state index in [9.17, 15) is 13.2 Å². The van der Waals surface area contributed by atoms with Crippen molar-refractivity contribution in [3.05, 3.63) is 34.9 Å². The zero-order valence-corrected chi connectivity index (χ0v) is 21.1. The van der Waals surface area contributed by atoms with E-state index in [0.29, 0.717) is 50.6 Å². The first-order valence-electron chi connectivity index (χ1n) is 10.1. The Kier molecular flexibility index (Phi) is 9.67. The van der Waals surface area contributed by atoms with Gasteiger partial charge >= 0.3 is 0 Å². The first-order valence-corrected chi connectivity index (χ1v) is 12.3. The van der Waals surface area contributed by atoms with Gasteiger partial charge in [0, 0.05) is 44.3 Å². The van der Waals surface area contributed by atoms with E-state index in [1.54, 1.807) is 6.07 Å². The number of hydrogen-bond donors (Lipinski definition) is 1. The van der Waals surface area contributed by atoms with Gasteiger partial charge in [-0.15, -0.1) is 24.0 Å². The van der Waals surface area contributed by atoms with Crippen molar-refractivity contribution in [2.75, 3.05) is 50.8 Å². The topological polar surface area (TPSA) is 82.1 Å². The third-order valence-corrected chi connectivity index (χ3v) is 7.41. The van der Waals surface area contributed by atoms with Crippen molar-refractivity contribution in [3.63, 3.8) is 0 Å². The lowest BCUT2D eigenvalue weighted by Gasteiger charge is -2.36. The number of guanidine groups is 1. The molecule has 0 bridgehead atoms. The SMILES string of the molecule is CCNC(=NCC1CCS(=O)(=O)C1)N1CCN(C(=O)Cc2cccc(Cl)c2)CC1.I. The van der Waals surface area contributed by atoms with Gasteiger partial charge in [0.15, 0.2) is 15.8 Å². The summed E-state index contributed by atoms with van der Waals surface area (Å²) in [6.45, 7) is 5.97. The van der Waals surface area contributed by atoms with Crippen molar-refractivity contribution in [1.29, 1.82) is 0 Å². The molecule has 1 N–H and O–H groups in total. The number of aliphatic imine (C=N–C) groups is 1. The lowest BCUT2D eigenvalue weighted by atomic mass is 10.1. The van der Waals surface area contributed by atoms with Gasteiger partial charge in [0.1, 0.15) is 0 Å². The number of halogens is 2. The predicted molar refractivity (Wildman–Crippen MR) is 131 cm³/mol. The van der Waals surface area contributed by atoms with E-state index in [-0.39, 0.29) is 47.3 Å². The van der Waals surface area contributed by atoms with Gasteiger partial charge in [-0.3, -0.25) is 9.79 Å². The van der Waals surface area contributed by atoms with Crippen molar-refractivity contribution < 1.29 is 13.2 Å². The van der Waals surface area contributed by atoms with E-state index in [4.69, 9.17) is 11.6 Å². The Balaban J connectivity index is 0.00000320. The summed E-state index contributed by atoms with van der Waals surface area (Å²) >= 11 is 6.01. The number of amides is 1. The second-order valence-electron chi connectivity index (χ2n) is 7.64. The van der Waals surface area contributed by atoms with Crippen LogP contribution in [-0.2, 0) is 21.1 Å². The molecule has 2 heterocycles. The molecule has 1 amide bonds. The second-order valence-corrected chi connectivity index (χ2v) is 10.3. The molecule has 2 fully saturated rings. The average molecular weight is 569 g/mol. The third kappa shape index (κ3) is 7.26. The summed E-state index contributed by atoms with van der Waals surface area (Å²) in [7, 11) is -2.88. The molecule has 2 aliphatic rings. The molecular formula is C20H30ClIN4O3S. The summed E-state index contributed by atoms with van der Waals surface area (Å²) in [6, 6.07) is 7.41. The number of benzene rings is 1. The smallest absolute Gasteiger partial charge is 0.227 e. The van der Waals surface area contributed by atoms with Crippen LogP contribution in [0.5, 0.6) is 0 Å². The summed E-state index contributed by atoms with van der Waals surface area (Å²) in [4.78, 5) is 21.3. The van der Waals surface area contributed by atoms with Crippen LogP contribution in [0.25, 0.3) is 0 Å². The molecule has 0 saturated carbocycles. The minimum absolute atomic E-state index is 0. The molecule has 0 radical (unpaired) electrons. The van der Waals surface area contributed by atoms with Crippen LogP contribution in [0.15, 0.2) is 29.3 Å². The quantitative estimate of drug-likeness (QED) is 0.334. The number of nitrogens with one attached hydrogen (secondary N) is 1. The first-order chi connectivity index (χ1) is 13.9. The van der Waals surface area contributed by atoms with Crippen LogP contribution in [0.4, 0.5) is 0 Å². The van der Waals surface area contributed by atoms with E-state index < -0.39 is 9.84 Å². The molecule has 0 aromatic heterocycles. The normalized spacial score (nSPS) is 21.3. The number of carbonyl (C=O) groups is 1. The highest BCUT2D eigenvalue weighted by atomic mass is 127. The lowest BCUT2D eigenvalue weighted by molar-refractivity contribution is -0.131. The monoisotopic (exact) mass is 568 g/mol. The van der Waals surface area contributed by atoms with Crippen LogP contribution in [0.1, 0.15) is 18.9 Å². The minimum atomic E-state index is -2.88. The zero-order chi connectivity index (χ0) is 20.9. The van der Waals surface area contributed by atoms with Crippen LogP contribution >= 0.6 is 35.6 Å². The number of rotatable bonds is 5. The molecule has 30 heavy (non-hydrogen) atoms. The molecule has 0 aliphatic carbocycles. The van der Waals surface area contributed by atoms with Crippen LogP contribution in [-0.4, -0.2) is 80.9 Å². The highest BCUT2D eigenvalue weighted by molar-refractivity contribution is 14.0. The largest absolute Gasteiger partial charge is 0.357 e. The van der Waals surface area contributed by atoms with Gasteiger partial charge in [-0.1, -0.05) is 23.7 Å². The van der Waals surface area contributed by atoms with Crippen molar-refractivity contribution in [2.45, 2.75) is 19.8 Å². The fraction of sp³-hybridized carbons (Fsp3) is 0.600. The van der Waals surface area contributed by atoms with Gasteiger partial charge < -0.3 is 15.1 Å². The number of hydrogen-bond acceptors (Lipinski definition) is 4. The molecule has 2 saturated heterocycles. The Bertz CT molecular complexity index is 857.